The summed E-state index contributed by atoms with van der Waals surface area (Å²) >= 11 is 0. The summed E-state index contributed by atoms with van der Waals surface area (Å²) < 4.78 is 1.72. The van der Waals surface area contributed by atoms with Crippen molar-refractivity contribution in [2.24, 2.45) is 0 Å². The molecule has 2 heterocycles. The molecule has 3 rings (SSSR count). The highest BCUT2D eigenvalue weighted by atomic mass is 16.3. The molecule has 0 saturated carbocycles. The highest BCUT2D eigenvalue weighted by Gasteiger charge is 2.22. The van der Waals surface area contributed by atoms with Gasteiger partial charge in [-0.05, 0) is 12.1 Å². The van der Waals surface area contributed by atoms with Crippen LogP contribution in [0.4, 0.5) is 0 Å². The van der Waals surface area contributed by atoms with Crippen molar-refractivity contribution in [2.75, 3.05) is 0 Å². The number of nitrogens with one attached hydrogen (secondary N) is 1. The van der Waals surface area contributed by atoms with Gasteiger partial charge < -0.3 is 10.4 Å². The molecule has 1 amide bonds. The molecule has 6 heteroatoms. The predicted molar refractivity (Wildman–Crippen MR) is 58.5 cm³/mol. The fraction of sp³-hybridized carbons (Fsp3) is 0.182. The Morgan fingerprint density at radius 1 is 1.35 bits per heavy atom. The molecule has 86 valence electrons. The molecule has 17 heavy (non-hydrogen) atoms. The zero-order valence-electron chi connectivity index (χ0n) is 8.92. The molecule has 0 fully saturated rings. The molecule has 6 nitrogen and oxygen atoms in total. The van der Waals surface area contributed by atoms with Gasteiger partial charge in [-0.1, -0.05) is 12.1 Å². The lowest BCUT2D eigenvalue weighted by molar-refractivity contribution is 0.0952. The number of nitrogens with zero attached hydrogens (tertiary/aromatic N) is 3. The molecule has 0 atom stereocenters. The molecular formula is C11H10N4O2. The van der Waals surface area contributed by atoms with Crippen LogP contribution in [0.15, 0.2) is 24.3 Å². The lowest BCUT2D eigenvalue weighted by atomic mass is 10.1. The van der Waals surface area contributed by atoms with Gasteiger partial charge in [0.25, 0.3) is 5.91 Å². The minimum absolute atomic E-state index is 0.144. The molecule has 1 aromatic heterocycles. The fourth-order valence-corrected chi connectivity index (χ4v) is 1.96. The van der Waals surface area contributed by atoms with Crippen LogP contribution in [0, 0.1) is 0 Å². The first-order chi connectivity index (χ1) is 8.31. The van der Waals surface area contributed by atoms with E-state index >= 15 is 0 Å². The third-order valence-corrected chi connectivity index (χ3v) is 2.74. The van der Waals surface area contributed by atoms with E-state index in [1.165, 1.54) is 0 Å². The van der Waals surface area contributed by atoms with E-state index in [1.807, 2.05) is 12.1 Å². The van der Waals surface area contributed by atoms with Crippen molar-refractivity contribution >= 4 is 5.91 Å². The van der Waals surface area contributed by atoms with Gasteiger partial charge in [-0.15, -0.1) is 10.2 Å². The quantitative estimate of drug-likeness (QED) is 0.722. The summed E-state index contributed by atoms with van der Waals surface area (Å²) in [6.45, 7) is 0.0933. The Hall–Kier alpha value is -2.21. The van der Waals surface area contributed by atoms with E-state index in [4.69, 9.17) is 0 Å². The number of hydrogen-bond donors (Lipinski definition) is 2. The monoisotopic (exact) mass is 230 g/mol. The van der Waals surface area contributed by atoms with Gasteiger partial charge in [0.15, 0.2) is 11.6 Å². The Bertz CT molecular complexity index is 591. The van der Waals surface area contributed by atoms with E-state index < -0.39 is 0 Å². The van der Waals surface area contributed by atoms with Gasteiger partial charge >= 0.3 is 0 Å². The maximum absolute atomic E-state index is 11.8. The Morgan fingerprint density at radius 3 is 3.00 bits per heavy atom. The molecule has 0 unspecified atom stereocenters. The van der Waals surface area contributed by atoms with Crippen molar-refractivity contribution in [1.82, 2.24) is 20.1 Å². The van der Waals surface area contributed by atoms with Gasteiger partial charge in [0.05, 0.1) is 17.8 Å². The van der Waals surface area contributed by atoms with Crippen LogP contribution < -0.4 is 5.32 Å². The van der Waals surface area contributed by atoms with Gasteiger partial charge in [0, 0.05) is 0 Å². The second kappa shape index (κ2) is 3.67. The van der Waals surface area contributed by atoms with Crippen LogP contribution in [0.5, 0.6) is 0 Å². The lowest BCUT2D eigenvalue weighted by Gasteiger charge is -2.08. The van der Waals surface area contributed by atoms with Crippen LogP contribution >= 0.6 is 0 Å². The molecule has 1 aromatic carbocycles. The zero-order valence-corrected chi connectivity index (χ0v) is 8.92. The molecule has 0 radical (unpaired) electrons. The lowest BCUT2D eigenvalue weighted by Crippen LogP contribution is -2.21. The summed E-state index contributed by atoms with van der Waals surface area (Å²) in [5, 5.41) is 19.8. The number of aromatic nitrogens is 3. The van der Waals surface area contributed by atoms with E-state index in [9.17, 15) is 9.90 Å². The Morgan fingerprint density at radius 2 is 2.18 bits per heavy atom. The van der Waals surface area contributed by atoms with Crippen LogP contribution in [-0.2, 0) is 13.2 Å². The number of benzene rings is 1. The van der Waals surface area contributed by atoms with Crippen molar-refractivity contribution in [3.05, 3.63) is 41.5 Å². The summed E-state index contributed by atoms with van der Waals surface area (Å²) in [7, 11) is 0. The normalized spacial score (nSPS) is 13.6. The molecule has 2 aromatic rings. The highest BCUT2D eigenvalue weighted by Crippen LogP contribution is 2.20. The van der Waals surface area contributed by atoms with Gasteiger partial charge in [0.1, 0.15) is 6.61 Å². The molecular weight excluding hydrogens is 220 g/mol. The first-order valence-corrected chi connectivity index (χ1v) is 5.23. The van der Waals surface area contributed by atoms with Crippen LogP contribution in [0.3, 0.4) is 0 Å². The zero-order chi connectivity index (χ0) is 11.8. The Kier molecular flexibility index (Phi) is 2.15. The van der Waals surface area contributed by atoms with Gasteiger partial charge in [-0.25, -0.2) is 0 Å². The molecule has 0 bridgehead atoms. The summed E-state index contributed by atoms with van der Waals surface area (Å²) in [5.41, 5.74) is 1.26. The maximum Gasteiger partial charge on any atom is 0.253 e. The number of aliphatic hydroxyl groups is 1. The van der Waals surface area contributed by atoms with Crippen molar-refractivity contribution in [3.8, 4) is 5.69 Å². The number of rotatable bonds is 1. The highest BCUT2D eigenvalue weighted by molar-refractivity contribution is 5.98. The largest absolute Gasteiger partial charge is 0.388 e. The standard InChI is InChI=1S/C11H10N4O2/c16-6-10-14-13-9-5-12-11(17)7-3-1-2-4-8(7)15(9)10/h1-4,16H,5-6H2,(H,12,17). The molecule has 1 aliphatic heterocycles. The predicted octanol–water partition coefficient (Wildman–Crippen LogP) is 0.00300. The van der Waals surface area contributed by atoms with E-state index in [-0.39, 0.29) is 12.5 Å². The summed E-state index contributed by atoms with van der Waals surface area (Å²) in [5.74, 6) is 0.909. The third kappa shape index (κ3) is 1.42. The smallest absolute Gasteiger partial charge is 0.253 e. The fourth-order valence-electron chi connectivity index (χ4n) is 1.96. The minimum Gasteiger partial charge on any atom is -0.388 e. The average molecular weight is 230 g/mol. The maximum atomic E-state index is 11.8. The number of fused-ring (bicyclic) bond motifs is 3. The summed E-state index contributed by atoms with van der Waals surface area (Å²) in [4.78, 5) is 11.8. The average Bonchev–Trinajstić information content (AvgIpc) is 2.72. The topological polar surface area (TPSA) is 80.0 Å². The Labute approximate surface area is 96.9 Å². The number of aliphatic hydroxyl groups excluding tert-OH is 1. The number of amides is 1. The first kappa shape index (κ1) is 9.98. The molecule has 0 aliphatic carbocycles. The van der Waals surface area contributed by atoms with Crippen LogP contribution in [0.25, 0.3) is 5.69 Å². The first-order valence-electron chi connectivity index (χ1n) is 5.23. The van der Waals surface area contributed by atoms with E-state index in [1.54, 1.807) is 16.7 Å². The van der Waals surface area contributed by atoms with Crippen molar-refractivity contribution < 1.29 is 9.90 Å². The molecule has 0 saturated heterocycles. The minimum atomic E-state index is -0.213. The summed E-state index contributed by atoms with van der Waals surface area (Å²) in [6, 6.07) is 7.18. The Balaban J connectivity index is 2.31. The van der Waals surface area contributed by atoms with Crippen molar-refractivity contribution in [2.45, 2.75) is 13.2 Å². The number of carbonyl (C=O) groups is 1. The molecule has 2 N–H and O–H groups in total. The number of hydrogen-bond acceptors (Lipinski definition) is 4. The van der Waals surface area contributed by atoms with Crippen LogP contribution in [0.1, 0.15) is 22.0 Å². The second-order valence-electron chi connectivity index (χ2n) is 3.73. The van der Waals surface area contributed by atoms with Gasteiger partial charge in [-0.3, -0.25) is 9.36 Å². The van der Waals surface area contributed by atoms with E-state index in [2.05, 4.69) is 15.5 Å². The van der Waals surface area contributed by atoms with E-state index in [0.29, 0.717) is 29.4 Å². The number of para-hydroxylation sites is 1. The summed E-state index contributed by atoms with van der Waals surface area (Å²) in [6.07, 6.45) is 0. The SMILES string of the molecule is O=C1NCc2nnc(CO)n2-c2ccccc21. The van der Waals surface area contributed by atoms with Gasteiger partial charge in [-0.2, -0.15) is 0 Å². The van der Waals surface area contributed by atoms with Gasteiger partial charge in [0.2, 0.25) is 0 Å². The van der Waals surface area contributed by atoms with Crippen molar-refractivity contribution in [3.63, 3.8) is 0 Å². The van der Waals surface area contributed by atoms with Crippen LogP contribution in [-0.4, -0.2) is 25.8 Å². The third-order valence-electron chi connectivity index (χ3n) is 2.74. The van der Waals surface area contributed by atoms with E-state index in [0.717, 1.165) is 0 Å². The van der Waals surface area contributed by atoms with Crippen molar-refractivity contribution in [1.29, 1.82) is 0 Å². The number of carbonyl (C=O) groups excluding carboxylic acids is 1. The molecule has 0 spiro atoms. The second-order valence-corrected chi connectivity index (χ2v) is 3.73. The molecule has 1 aliphatic rings. The van der Waals surface area contributed by atoms with Crippen LogP contribution in [0.2, 0.25) is 0 Å².